The van der Waals surface area contributed by atoms with Gasteiger partial charge in [0.25, 0.3) is 0 Å². The van der Waals surface area contributed by atoms with Crippen LogP contribution < -0.4 is 0 Å². The van der Waals surface area contributed by atoms with E-state index in [2.05, 4.69) is 64.4 Å². The van der Waals surface area contributed by atoms with E-state index in [-0.39, 0.29) is 12.6 Å². The maximum absolute atomic E-state index is 9.75. The number of rotatable bonds is 5. The van der Waals surface area contributed by atoms with Crippen molar-refractivity contribution in [2.24, 2.45) is 0 Å². The lowest BCUT2D eigenvalue weighted by Crippen LogP contribution is -2.53. The molecular formula is C19H24N2O. The van der Waals surface area contributed by atoms with E-state index in [0.717, 1.165) is 32.7 Å². The monoisotopic (exact) mass is 296 g/mol. The zero-order valence-electron chi connectivity index (χ0n) is 12.9. The third-order valence-corrected chi connectivity index (χ3v) is 4.38. The Kier molecular flexibility index (Phi) is 5.22. The first-order valence-corrected chi connectivity index (χ1v) is 8.00. The van der Waals surface area contributed by atoms with Gasteiger partial charge < -0.3 is 5.11 Å². The highest BCUT2D eigenvalue weighted by Crippen LogP contribution is 2.16. The van der Waals surface area contributed by atoms with Crippen LogP contribution in [0.3, 0.4) is 0 Å². The van der Waals surface area contributed by atoms with E-state index in [1.165, 1.54) is 11.1 Å². The molecule has 1 aliphatic rings. The second-order valence-electron chi connectivity index (χ2n) is 6.01. The van der Waals surface area contributed by atoms with Crippen LogP contribution >= 0.6 is 0 Å². The Morgan fingerprint density at radius 1 is 0.818 bits per heavy atom. The summed E-state index contributed by atoms with van der Waals surface area (Å²) in [6, 6.07) is 21.3. The van der Waals surface area contributed by atoms with Gasteiger partial charge in [-0.2, -0.15) is 0 Å². The van der Waals surface area contributed by atoms with Crippen molar-refractivity contribution in [1.82, 2.24) is 9.80 Å². The second-order valence-corrected chi connectivity index (χ2v) is 6.01. The van der Waals surface area contributed by atoms with Crippen molar-refractivity contribution < 1.29 is 5.11 Å². The molecule has 1 aliphatic heterocycles. The summed E-state index contributed by atoms with van der Waals surface area (Å²) < 4.78 is 0. The molecule has 3 heteroatoms. The summed E-state index contributed by atoms with van der Waals surface area (Å²) in [5.41, 5.74) is 2.66. The van der Waals surface area contributed by atoms with Gasteiger partial charge in [0, 0.05) is 38.8 Å². The van der Waals surface area contributed by atoms with Crippen molar-refractivity contribution in [3.8, 4) is 0 Å². The molecule has 0 aromatic heterocycles. The number of nitrogens with zero attached hydrogens (tertiary/aromatic N) is 2. The number of benzene rings is 2. The molecule has 0 spiro atoms. The standard InChI is InChI=1S/C19H24N2O/c22-16-19-15-20(13-17-7-3-1-4-8-17)11-12-21(19)14-18-9-5-2-6-10-18/h1-10,19,22H,11-16H2/t19-/m1/s1. The number of aliphatic hydroxyl groups is 1. The predicted molar refractivity (Wildman–Crippen MR) is 89.4 cm³/mol. The van der Waals surface area contributed by atoms with Crippen molar-refractivity contribution in [3.05, 3.63) is 71.8 Å². The molecule has 2 aromatic carbocycles. The minimum absolute atomic E-state index is 0.220. The molecule has 22 heavy (non-hydrogen) atoms. The number of aliphatic hydroxyl groups excluding tert-OH is 1. The molecule has 1 atom stereocenters. The molecule has 0 bridgehead atoms. The number of hydrogen-bond acceptors (Lipinski definition) is 3. The lowest BCUT2D eigenvalue weighted by Gasteiger charge is -2.40. The van der Waals surface area contributed by atoms with E-state index in [4.69, 9.17) is 0 Å². The lowest BCUT2D eigenvalue weighted by atomic mass is 10.1. The summed E-state index contributed by atoms with van der Waals surface area (Å²) >= 11 is 0. The Bertz CT molecular complexity index is 558. The van der Waals surface area contributed by atoms with Crippen LogP contribution in [-0.4, -0.2) is 47.2 Å². The molecule has 0 saturated carbocycles. The summed E-state index contributed by atoms with van der Waals surface area (Å²) in [4.78, 5) is 4.84. The van der Waals surface area contributed by atoms with Crippen LogP contribution in [0.1, 0.15) is 11.1 Å². The van der Waals surface area contributed by atoms with E-state index >= 15 is 0 Å². The van der Waals surface area contributed by atoms with E-state index in [9.17, 15) is 5.11 Å². The fourth-order valence-electron chi connectivity index (χ4n) is 3.14. The van der Waals surface area contributed by atoms with Gasteiger partial charge in [0.15, 0.2) is 0 Å². The van der Waals surface area contributed by atoms with Crippen LogP contribution in [0.2, 0.25) is 0 Å². The summed E-state index contributed by atoms with van der Waals surface area (Å²) in [5, 5.41) is 9.75. The van der Waals surface area contributed by atoms with Crippen molar-refractivity contribution in [2.45, 2.75) is 19.1 Å². The van der Waals surface area contributed by atoms with E-state index in [0.29, 0.717) is 0 Å². The molecule has 0 unspecified atom stereocenters. The van der Waals surface area contributed by atoms with Crippen molar-refractivity contribution in [3.63, 3.8) is 0 Å². The highest BCUT2D eigenvalue weighted by Gasteiger charge is 2.26. The van der Waals surface area contributed by atoms with Gasteiger partial charge in [-0.15, -0.1) is 0 Å². The van der Waals surface area contributed by atoms with Crippen LogP contribution in [0.5, 0.6) is 0 Å². The fraction of sp³-hybridized carbons (Fsp3) is 0.368. The van der Waals surface area contributed by atoms with Gasteiger partial charge in [0.2, 0.25) is 0 Å². The predicted octanol–water partition coefficient (Wildman–Crippen LogP) is 2.37. The Hall–Kier alpha value is -1.68. The first-order chi connectivity index (χ1) is 10.8. The molecule has 0 amide bonds. The molecular weight excluding hydrogens is 272 g/mol. The molecule has 3 nitrogen and oxygen atoms in total. The second kappa shape index (κ2) is 7.54. The minimum Gasteiger partial charge on any atom is -0.395 e. The Morgan fingerprint density at radius 2 is 1.41 bits per heavy atom. The maximum atomic E-state index is 9.75. The summed E-state index contributed by atoms with van der Waals surface area (Å²) in [7, 11) is 0. The van der Waals surface area contributed by atoms with Gasteiger partial charge >= 0.3 is 0 Å². The highest BCUT2D eigenvalue weighted by molar-refractivity contribution is 5.16. The van der Waals surface area contributed by atoms with Gasteiger partial charge in [-0.3, -0.25) is 9.80 Å². The summed E-state index contributed by atoms with van der Waals surface area (Å²) in [6.07, 6.45) is 0. The number of piperazine rings is 1. The first kappa shape index (κ1) is 15.2. The van der Waals surface area contributed by atoms with Crippen molar-refractivity contribution >= 4 is 0 Å². The average molecular weight is 296 g/mol. The lowest BCUT2D eigenvalue weighted by molar-refractivity contribution is 0.0316. The molecule has 0 aliphatic carbocycles. The molecule has 1 heterocycles. The average Bonchev–Trinajstić information content (AvgIpc) is 2.58. The molecule has 0 radical (unpaired) electrons. The minimum atomic E-state index is 0.220. The largest absolute Gasteiger partial charge is 0.395 e. The van der Waals surface area contributed by atoms with Gasteiger partial charge in [-0.25, -0.2) is 0 Å². The molecule has 1 fully saturated rings. The molecule has 1 N–H and O–H groups in total. The van der Waals surface area contributed by atoms with E-state index in [1.807, 2.05) is 6.07 Å². The van der Waals surface area contributed by atoms with Crippen LogP contribution in [0.25, 0.3) is 0 Å². The zero-order valence-corrected chi connectivity index (χ0v) is 12.9. The highest BCUT2D eigenvalue weighted by atomic mass is 16.3. The van der Waals surface area contributed by atoms with Crippen LogP contribution in [0.15, 0.2) is 60.7 Å². The molecule has 3 rings (SSSR count). The Morgan fingerprint density at radius 3 is 2.00 bits per heavy atom. The summed E-state index contributed by atoms with van der Waals surface area (Å²) in [5.74, 6) is 0. The molecule has 116 valence electrons. The number of hydrogen-bond donors (Lipinski definition) is 1. The van der Waals surface area contributed by atoms with Crippen LogP contribution in [0, 0.1) is 0 Å². The topological polar surface area (TPSA) is 26.7 Å². The van der Waals surface area contributed by atoms with Crippen LogP contribution in [0.4, 0.5) is 0 Å². The van der Waals surface area contributed by atoms with E-state index < -0.39 is 0 Å². The zero-order chi connectivity index (χ0) is 15.2. The van der Waals surface area contributed by atoms with E-state index in [1.54, 1.807) is 0 Å². The smallest absolute Gasteiger partial charge is 0.0599 e. The Balaban J connectivity index is 1.59. The first-order valence-electron chi connectivity index (χ1n) is 8.00. The normalized spacial score (nSPS) is 20.1. The van der Waals surface area contributed by atoms with Gasteiger partial charge in [0.1, 0.15) is 0 Å². The Labute approximate surface area is 132 Å². The SMILES string of the molecule is OC[C@H]1CN(Cc2ccccc2)CCN1Cc1ccccc1. The fourth-order valence-corrected chi connectivity index (χ4v) is 3.14. The third-order valence-electron chi connectivity index (χ3n) is 4.38. The maximum Gasteiger partial charge on any atom is 0.0599 e. The third kappa shape index (κ3) is 3.95. The van der Waals surface area contributed by atoms with Gasteiger partial charge in [-0.1, -0.05) is 60.7 Å². The van der Waals surface area contributed by atoms with Gasteiger partial charge in [0.05, 0.1) is 6.61 Å². The summed E-state index contributed by atoms with van der Waals surface area (Å²) in [6.45, 7) is 5.10. The van der Waals surface area contributed by atoms with Crippen molar-refractivity contribution in [1.29, 1.82) is 0 Å². The molecule has 2 aromatic rings. The van der Waals surface area contributed by atoms with Crippen LogP contribution in [-0.2, 0) is 13.1 Å². The molecule has 1 saturated heterocycles. The van der Waals surface area contributed by atoms with Gasteiger partial charge in [-0.05, 0) is 11.1 Å². The quantitative estimate of drug-likeness (QED) is 0.917. The van der Waals surface area contributed by atoms with Crippen molar-refractivity contribution in [2.75, 3.05) is 26.2 Å².